The summed E-state index contributed by atoms with van der Waals surface area (Å²) in [5.74, 6) is 1.25. The molecule has 1 N–H and O–H groups in total. The summed E-state index contributed by atoms with van der Waals surface area (Å²) >= 11 is 0. The molecule has 0 bridgehead atoms. The van der Waals surface area contributed by atoms with Crippen LogP contribution in [0.15, 0.2) is 10.9 Å². The molecule has 0 amide bonds. The van der Waals surface area contributed by atoms with E-state index in [1.807, 2.05) is 0 Å². The fraction of sp³-hybridized carbons (Fsp3) is 0.714. The van der Waals surface area contributed by atoms with E-state index in [0.29, 0.717) is 5.92 Å². The number of nitrogens with one attached hydrogen (secondary N) is 1. The van der Waals surface area contributed by atoms with E-state index in [2.05, 4.69) is 9.97 Å². The second kappa shape index (κ2) is 4.50. The van der Waals surface area contributed by atoms with Crippen molar-refractivity contribution >= 4 is 0 Å². The van der Waals surface area contributed by atoms with Crippen LogP contribution in [0, 0.1) is 0 Å². The number of hydrogen-bond acceptors (Lipinski definition) is 3. The first kappa shape index (κ1) is 11.9. The van der Waals surface area contributed by atoms with Crippen molar-refractivity contribution in [1.82, 2.24) is 9.97 Å². The lowest BCUT2D eigenvalue weighted by atomic mass is 9.84. The minimum Gasteiger partial charge on any atom is -0.370 e. The van der Waals surface area contributed by atoms with Gasteiger partial charge in [0.1, 0.15) is 11.4 Å². The van der Waals surface area contributed by atoms with E-state index in [-0.39, 0.29) is 11.2 Å². The topological polar surface area (TPSA) is 55.0 Å². The van der Waals surface area contributed by atoms with E-state index in [9.17, 15) is 4.79 Å². The molecule has 0 spiro atoms. The molecule has 4 nitrogen and oxygen atoms in total. The van der Waals surface area contributed by atoms with E-state index in [1.54, 1.807) is 13.2 Å². The molecule has 2 saturated carbocycles. The van der Waals surface area contributed by atoms with Crippen LogP contribution in [0.4, 0.5) is 0 Å². The van der Waals surface area contributed by atoms with Gasteiger partial charge in [0.05, 0.1) is 5.69 Å². The van der Waals surface area contributed by atoms with Gasteiger partial charge in [0.25, 0.3) is 5.56 Å². The van der Waals surface area contributed by atoms with Gasteiger partial charge in [0.15, 0.2) is 0 Å². The molecule has 2 aliphatic rings. The first-order chi connectivity index (χ1) is 8.73. The Labute approximate surface area is 107 Å². The van der Waals surface area contributed by atoms with E-state index in [4.69, 9.17) is 4.74 Å². The van der Waals surface area contributed by atoms with Gasteiger partial charge in [-0.25, -0.2) is 4.98 Å². The summed E-state index contributed by atoms with van der Waals surface area (Å²) in [6.07, 6.45) is 7.78. The molecule has 0 unspecified atom stereocenters. The van der Waals surface area contributed by atoms with E-state index < -0.39 is 0 Å². The SMILES string of the molecule is COC1(c2nc(C3CC3)cc(=O)[nH]2)CCCCC1. The van der Waals surface area contributed by atoms with Crippen molar-refractivity contribution in [3.63, 3.8) is 0 Å². The van der Waals surface area contributed by atoms with Crippen LogP contribution in [0.1, 0.15) is 62.4 Å². The van der Waals surface area contributed by atoms with Crippen molar-refractivity contribution < 1.29 is 4.74 Å². The summed E-state index contributed by atoms with van der Waals surface area (Å²) < 4.78 is 5.74. The van der Waals surface area contributed by atoms with Gasteiger partial charge in [-0.1, -0.05) is 19.3 Å². The maximum Gasteiger partial charge on any atom is 0.251 e. The maximum atomic E-state index is 11.8. The molecule has 3 rings (SSSR count). The number of rotatable bonds is 3. The van der Waals surface area contributed by atoms with Crippen LogP contribution in [0.2, 0.25) is 0 Å². The molecule has 1 aromatic rings. The molecular weight excluding hydrogens is 228 g/mol. The summed E-state index contributed by atoms with van der Waals surface area (Å²) in [5, 5.41) is 0. The molecule has 0 radical (unpaired) electrons. The average molecular weight is 248 g/mol. The van der Waals surface area contributed by atoms with Crippen LogP contribution in [0.5, 0.6) is 0 Å². The Hall–Kier alpha value is -1.16. The molecule has 18 heavy (non-hydrogen) atoms. The first-order valence-electron chi connectivity index (χ1n) is 6.90. The van der Waals surface area contributed by atoms with Gasteiger partial charge in [-0.15, -0.1) is 0 Å². The van der Waals surface area contributed by atoms with Gasteiger partial charge in [0, 0.05) is 19.1 Å². The maximum absolute atomic E-state index is 11.8. The van der Waals surface area contributed by atoms with Crippen molar-refractivity contribution in [1.29, 1.82) is 0 Å². The summed E-state index contributed by atoms with van der Waals surface area (Å²) in [6.45, 7) is 0. The zero-order chi connectivity index (χ0) is 12.6. The molecule has 0 aromatic carbocycles. The number of hydrogen-bond donors (Lipinski definition) is 1. The minimum absolute atomic E-state index is 0.0381. The zero-order valence-corrected chi connectivity index (χ0v) is 10.9. The quantitative estimate of drug-likeness (QED) is 0.894. The Kier molecular flexibility index (Phi) is 2.98. The Morgan fingerprint density at radius 1 is 1.33 bits per heavy atom. The molecule has 2 aliphatic carbocycles. The van der Waals surface area contributed by atoms with Gasteiger partial charge in [-0.2, -0.15) is 0 Å². The number of aromatic nitrogens is 2. The zero-order valence-electron chi connectivity index (χ0n) is 10.9. The number of ether oxygens (including phenoxy) is 1. The molecule has 1 aromatic heterocycles. The molecule has 4 heteroatoms. The monoisotopic (exact) mass is 248 g/mol. The lowest BCUT2D eigenvalue weighted by molar-refractivity contribution is -0.0518. The number of nitrogens with zero attached hydrogens (tertiary/aromatic N) is 1. The third-order valence-corrected chi connectivity index (χ3v) is 4.24. The van der Waals surface area contributed by atoms with Crippen LogP contribution >= 0.6 is 0 Å². The lowest BCUT2D eigenvalue weighted by Crippen LogP contribution is -2.35. The fourth-order valence-corrected chi connectivity index (χ4v) is 2.94. The Morgan fingerprint density at radius 3 is 2.67 bits per heavy atom. The van der Waals surface area contributed by atoms with Gasteiger partial charge in [-0.05, 0) is 25.7 Å². The van der Waals surface area contributed by atoms with Crippen LogP contribution in [0.25, 0.3) is 0 Å². The molecule has 0 aliphatic heterocycles. The van der Waals surface area contributed by atoms with E-state index in [1.165, 1.54) is 6.42 Å². The Bertz CT molecular complexity index is 485. The van der Waals surface area contributed by atoms with E-state index >= 15 is 0 Å². The van der Waals surface area contributed by atoms with Crippen molar-refractivity contribution in [3.05, 3.63) is 27.9 Å². The second-order valence-electron chi connectivity index (χ2n) is 5.55. The predicted octanol–water partition coefficient (Wildman–Crippen LogP) is 2.45. The molecule has 98 valence electrons. The van der Waals surface area contributed by atoms with Gasteiger partial charge < -0.3 is 9.72 Å². The van der Waals surface area contributed by atoms with Gasteiger partial charge in [0.2, 0.25) is 0 Å². The van der Waals surface area contributed by atoms with Crippen molar-refractivity contribution in [2.24, 2.45) is 0 Å². The summed E-state index contributed by atoms with van der Waals surface area (Å²) in [6, 6.07) is 1.65. The number of methoxy groups -OCH3 is 1. The number of H-pyrrole nitrogens is 1. The highest BCUT2D eigenvalue weighted by Gasteiger charge is 2.37. The number of aromatic amines is 1. The van der Waals surface area contributed by atoms with Crippen LogP contribution in [-0.4, -0.2) is 17.1 Å². The van der Waals surface area contributed by atoms with E-state index in [0.717, 1.165) is 50.0 Å². The van der Waals surface area contributed by atoms with Gasteiger partial charge >= 0.3 is 0 Å². The predicted molar refractivity (Wildman–Crippen MR) is 68.6 cm³/mol. The van der Waals surface area contributed by atoms with Crippen LogP contribution in [0.3, 0.4) is 0 Å². The van der Waals surface area contributed by atoms with Gasteiger partial charge in [-0.3, -0.25) is 4.79 Å². The van der Waals surface area contributed by atoms with Crippen molar-refractivity contribution in [2.45, 2.75) is 56.5 Å². The molecule has 2 fully saturated rings. The molecule has 0 atom stereocenters. The summed E-state index contributed by atoms with van der Waals surface area (Å²) in [7, 11) is 1.73. The lowest BCUT2D eigenvalue weighted by Gasteiger charge is -2.34. The average Bonchev–Trinajstić information content (AvgIpc) is 3.23. The van der Waals surface area contributed by atoms with Crippen LogP contribution in [-0.2, 0) is 10.3 Å². The third kappa shape index (κ3) is 2.09. The normalized spacial score (nSPS) is 22.9. The third-order valence-electron chi connectivity index (χ3n) is 4.24. The second-order valence-corrected chi connectivity index (χ2v) is 5.55. The molecule has 1 heterocycles. The van der Waals surface area contributed by atoms with Crippen molar-refractivity contribution in [2.75, 3.05) is 7.11 Å². The smallest absolute Gasteiger partial charge is 0.251 e. The molecule has 0 saturated heterocycles. The summed E-state index contributed by atoms with van der Waals surface area (Å²) in [5.41, 5.74) is 0.558. The van der Waals surface area contributed by atoms with Crippen molar-refractivity contribution in [3.8, 4) is 0 Å². The Balaban J connectivity index is 2.00. The highest BCUT2D eigenvalue weighted by molar-refractivity contribution is 5.17. The first-order valence-corrected chi connectivity index (χ1v) is 6.90. The summed E-state index contributed by atoms with van der Waals surface area (Å²) in [4.78, 5) is 19.4. The molecular formula is C14H20N2O2. The highest BCUT2D eigenvalue weighted by atomic mass is 16.5. The largest absolute Gasteiger partial charge is 0.370 e. The van der Waals surface area contributed by atoms with Crippen LogP contribution < -0.4 is 5.56 Å². The minimum atomic E-state index is -0.359. The Morgan fingerprint density at radius 2 is 2.06 bits per heavy atom. The highest BCUT2D eigenvalue weighted by Crippen LogP contribution is 2.41. The standard InChI is InChI=1S/C14H20N2O2/c1-18-14(7-3-2-4-8-14)13-15-11(10-5-6-10)9-12(17)16-13/h9-10H,2-8H2,1H3,(H,15,16,17). The fourth-order valence-electron chi connectivity index (χ4n) is 2.94.